The van der Waals surface area contributed by atoms with Gasteiger partial charge in [-0.15, -0.1) is 0 Å². The quantitative estimate of drug-likeness (QED) is 0.519. The molecule has 7 bridgehead atoms. The van der Waals surface area contributed by atoms with Crippen LogP contribution in [0.3, 0.4) is 0 Å². The van der Waals surface area contributed by atoms with Gasteiger partial charge in [0.1, 0.15) is 5.75 Å². The predicted molar refractivity (Wildman–Crippen MR) is 139 cm³/mol. The molecule has 2 aromatic carbocycles. The number of aromatic nitrogens is 1. The van der Waals surface area contributed by atoms with Gasteiger partial charge in [0.05, 0.1) is 19.6 Å². The fourth-order valence-electron chi connectivity index (χ4n) is 5.05. The number of rotatable bonds is 2. The smallest absolute Gasteiger partial charge is 0.304 e. The number of hydrogen-bond acceptors (Lipinski definition) is 5. The Morgan fingerprint density at radius 2 is 1.68 bits per heavy atom. The number of pyridine rings is 1. The second-order valence-electron chi connectivity index (χ2n) is 9.72. The molecule has 3 aromatic rings. The summed E-state index contributed by atoms with van der Waals surface area (Å²) in [5.41, 5.74) is 4.62. The second-order valence-corrected chi connectivity index (χ2v) is 9.72. The fourth-order valence-corrected chi connectivity index (χ4v) is 5.05. The largest absolute Gasteiger partial charge is 0.494 e. The summed E-state index contributed by atoms with van der Waals surface area (Å²) in [4.78, 5) is 31.3. The number of ether oxygens (including phenoxy) is 2. The average Bonchev–Trinajstić information content (AvgIpc) is 2.92. The van der Waals surface area contributed by atoms with Gasteiger partial charge < -0.3 is 19.5 Å². The van der Waals surface area contributed by atoms with Gasteiger partial charge in [0.2, 0.25) is 5.88 Å². The van der Waals surface area contributed by atoms with Crippen LogP contribution in [0.5, 0.6) is 11.6 Å². The van der Waals surface area contributed by atoms with Gasteiger partial charge >= 0.3 is 5.97 Å². The highest BCUT2D eigenvalue weighted by atomic mass is 16.5. The molecule has 8 rings (SSSR count). The maximum absolute atomic E-state index is 13.3. The number of carboxylic acid groups (broad SMARTS) is 1. The Hall–Kier alpha value is -3.87. The van der Waals surface area contributed by atoms with Crippen molar-refractivity contribution in [3.63, 3.8) is 0 Å². The molecule has 1 unspecified atom stereocenters. The van der Waals surface area contributed by atoms with Crippen molar-refractivity contribution in [3.05, 3.63) is 88.6 Å². The second kappa shape index (κ2) is 11.5. The fraction of sp³-hybridized carbons (Fsp3) is 0.367. The van der Waals surface area contributed by atoms with Crippen LogP contribution in [0.1, 0.15) is 70.6 Å². The van der Waals surface area contributed by atoms with Crippen LogP contribution in [0.4, 0.5) is 0 Å². The van der Waals surface area contributed by atoms with E-state index in [1.807, 2.05) is 47.4 Å². The third-order valence-electron chi connectivity index (χ3n) is 7.13. The van der Waals surface area contributed by atoms with Crippen molar-refractivity contribution in [2.45, 2.75) is 51.0 Å². The number of carbonyl (C=O) groups excluding carboxylic acids is 1. The first-order valence-electron chi connectivity index (χ1n) is 13.0. The van der Waals surface area contributed by atoms with Crippen molar-refractivity contribution < 1.29 is 24.2 Å². The van der Waals surface area contributed by atoms with Gasteiger partial charge in [-0.3, -0.25) is 9.59 Å². The molecule has 7 nitrogen and oxygen atoms in total. The highest BCUT2D eigenvalue weighted by molar-refractivity contribution is 5.94. The first-order valence-corrected chi connectivity index (χ1v) is 13.0. The monoisotopic (exact) mass is 500 g/mol. The van der Waals surface area contributed by atoms with Crippen LogP contribution in [0, 0.1) is 0 Å². The van der Waals surface area contributed by atoms with Crippen molar-refractivity contribution in [2.24, 2.45) is 0 Å². The van der Waals surface area contributed by atoms with E-state index in [0.717, 1.165) is 54.5 Å². The van der Waals surface area contributed by atoms with Crippen molar-refractivity contribution in [3.8, 4) is 11.6 Å². The number of carbonyl (C=O) groups is 2. The minimum atomic E-state index is -0.871. The zero-order valence-electron chi connectivity index (χ0n) is 20.9. The number of benzene rings is 2. The summed E-state index contributed by atoms with van der Waals surface area (Å²) in [6.07, 6.45) is 6.38. The lowest BCUT2D eigenvalue weighted by atomic mass is 9.86. The van der Waals surface area contributed by atoms with Crippen LogP contribution in [0.15, 0.2) is 60.8 Å². The van der Waals surface area contributed by atoms with Crippen LogP contribution in [-0.2, 0) is 17.8 Å². The molecule has 0 aliphatic carbocycles. The maximum atomic E-state index is 13.3. The first kappa shape index (κ1) is 24.8. The normalized spacial score (nSPS) is 18.3. The summed E-state index contributed by atoms with van der Waals surface area (Å²) in [5, 5.41) is 9.64. The number of hydrogen-bond donors (Lipinski definition) is 1. The van der Waals surface area contributed by atoms with Gasteiger partial charge in [0.15, 0.2) is 0 Å². The van der Waals surface area contributed by atoms with Gasteiger partial charge in [0.25, 0.3) is 5.91 Å². The van der Waals surface area contributed by atoms with Crippen LogP contribution < -0.4 is 9.47 Å². The van der Waals surface area contributed by atoms with Crippen LogP contribution >= 0.6 is 0 Å². The minimum absolute atomic E-state index is 0.0112. The van der Waals surface area contributed by atoms with Gasteiger partial charge in [-0.2, -0.15) is 0 Å². The third-order valence-corrected chi connectivity index (χ3v) is 7.13. The van der Waals surface area contributed by atoms with E-state index in [9.17, 15) is 14.7 Å². The highest BCUT2D eigenvalue weighted by Gasteiger charge is 2.25. The lowest BCUT2D eigenvalue weighted by Gasteiger charge is -2.30. The molecule has 7 heteroatoms. The van der Waals surface area contributed by atoms with E-state index >= 15 is 0 Å². The Bertz CT molecular complexity index is 1240. The van der Waals surface area contributed by atoms with Crippen LogP contribution in [-0.4, -0.2) is 46.6 Å². The van der Waals surface area contributed by atoms with E-state index in [2.05, 4.69) is 17.1 Å². The zero-order valence-corrected chi connectivity index (χ0v) is 20.9. The Morgan fingerprint density at radius 1 is 0.919 bits per heavy atom. The number of nitrogens with zero attached hydrogens (tertiary/aromatic N) is 2. The van der Waals surface area contributed by atoms with E-state index in [1.165, 1.54) is 5.56 Å². The van der Waals surface area contributed by atoms with Crippen LogP contribution in [0.25, 0.3) is 0 Å². The highest BCUT2D eigenvalue weighted by Crippen LogP contribution is 2.32. The molecule has 1 atom stereocenters. The predicted octanol–water partition coefficient (Wildman–Crippen LogP) is 5.22. The Labute approximate surface area is 217 Å². The topological polar surface area (TPSA) is 89.0 Å². The number of carboxylic acids is 1. The average molecular weight is 501 g/mol. The van der Waals surface area contributed by atoms with Crippen molar-refractivity contribution >= 4 is 11.9 Å². The molecule has 1 aromatic heterocycles. The zero-order chi connectivity index (χ0) is 25.6. The minimum Gasteiger partial charge on any atom is -0.494 e. The number of amides is 1. The summed E-state index contributed by atoms with van der Waals surface area (Å²) in [6.45, 7) is 2.36. The van der Waals surface area contributed by atoms with E-state index in [-0.39, 0.29) is 18.2 Å². The van der Waals surface area contributed by atoms with Crippen LogP contribution in [0.2, 0.25) is 0 Å². The molecule has 5 aliphatic heterocycles. The van der Waals surface area contributed by atoms with Gasteiger partial charge in [-0.05, 0) is 78.6 Å². The molecule has 0 radical (unpaired) electrons. The SMILES string of the molecule is O=C(O)CC1c2ccc(nc2)OCCCCCCOc2ccc(cc2)C(=O)N2CCc3ccc1cc3C2. The molecule has 6 heterocycles. The molecule has 0 saturated heterocycles. The third kappa shape index (κ3) is 6.10. The maximum Gasteiger partial charge on any atom is 0.304 e. The Balaban J connectivity index is 1.44. The lowest BCUT2D eigenvalue weighted by molar-refractivity contribution is -0.137. The molecule has 192 valence electrons. The van der Waals surface area contributed by atoms with Crippen molar-refractivity contribution in [1.29, 1.82) is 0 Å². The summed E-state index contributed by atoms with van der Waals surface area (Å²) >= 11 is 0. The standard InChI is InChI=1S/C30H32N2O5/c33-29(34)18-27-23-6-5-21-13-14-32(20-25(21)17-23)30(35)22-7-10-26(11-8-22)36-15-3-1-2-4-16-37-28-12-9-24(27)19-31-28/h5-12,17,19,27H,1-4,13-16,18,20H2,(H,33,34). The Morgan fingerprint density at radius 3 is 2.41 bits per heavy atom. The molecule has 0 spiro atoms. The summed E-state index contributed by atoms with van der Waals surface area (Å²) < 4.78 is 11.7. The molecule has 0 saturated carbocycles. The Kier molecular flexibility index (Phi) is 7.68. The molecule has 0 fully saturated rings. The lowest BCUT2D eigenvalue weighted by Crippen LogP contribution is -2.36. The molecular weight excluding hydrogens is 468 g/mol. The van der Waals surface area contributed by atoms with E-state index in [0.29, 0.717) is 37.7 Å². The van der Waals surface area contributed by atoms with E-state index in [4.69, 9.17) is 9.47 Å². The van der Waals surface area contributed by atoms with Gasteiger partial charge in [-0.1, -0.05) is 24.3 Å². The molecule has 37 heavy (non-hydrogen) atoms. The molecule has 1 N–H and O–H groups in total. The van der Waals surface area contributed by atoms with E-state index in [1.54, 1.807) is 6.20 Å². The first-order chi connectivity index (χ1) is 18.1. The molecule has 5 aliphatic rings. The molecular formula is C30H32N2O5. The van der Waals surface area contributed by atoms with Gasteiger partial charge in [0, 0.05) is 36.8 Å². The number of aliphatic carboxylic acids is 1. The molecule has 1 amide bonds. The summed E-state index contributed by atoms with van der Waals surface area (Å²) in [6, 6.07) is 17.2. The summed E-state index contributed by atoms with van der Waals surface area (Å²) in [5.74, 6) is 0.0882. The van der Waals surface area contributed by atoms with Crippen molar-refractivity contribution in [2.75, 3.05) is 19.8 Å². The summed E-state index contributed by atoms with van der Waals surface area (Å²) in [7, 11) is 0. The van der Waals surface area contributed by atoms with E-state index < -0.39 is 5.97 Å². The van der Waals surface area contributed by atoms with Gasteiger partial charge in [-0.25, -0.2) is 4.98 Å². The van der Waals surface area contributed by atoms with Crippen molar-refractivity contribution in [1.82, 2.24) is 9.88 Å².